The van der Waals surface area contributed by atoms with Gasteiger partial charge in [-0.05, 0) is 12.2 Å². The molecule has 2 N–H and O–H groups in total. The number of carbonyl (C=O) groups is 1. The molecule has 1 rings (SSSR count). The zero-order valence-corrected chi connectivity index (χ0v) is 9.24. The van der Waals surface area contributed by atoms with E-state index in [9.17, 15) is 4.79 Å². The second kappa shape index (κ2) is 3.50. The Bertz CT molecular complexity index is 218. The van der Waals surface area contributed by atoms with Gasteiger partial charge in [-0.15, -0.1) is 0 Å². The van der Waals surface area contributed by atoms with Crippen molar-refractivity contribution in [2.75, 3.05) is 18.6 Å². The van der Waals surface area contributed by atoms with Crippen molar-refractivity contribution in [3.8, 4) is 0 Å². The summed E-state index contributed by atoms with van der Waals surface area (Å²) in [5.41, 5.74) is 5.13. The lowest BCUT2D eigenvalue weighted by Gasteiger charge is -2.44. The first-order valence-electron chi connectivity index (χ1n) is 4.39. The summed E-state index contributed by atoms with van der Waals surface area (Å²) in [5.74, 6) is 1.57. The van der Waals surface area contributed by atoms with Gasteiger partial charge in [0.05, 0.1) is 7.11 Å². The maximum Gasteiger partial charge on any atom is 0.326 e. The molecule has 1 saturated heterocycles. The van der Waals surface area contributed by atoms with Crippen molar-refractivity contribution in [2.45, 2.75) is 25.8 Å². The molecule has 1 heterocycles. The highest BCUT2D eigenvalue weighted by Crippen LogP contribution is 2.40. The standard InChI is InChI=1S/C9H17NO2S/c1-8(2)6-13-5-4-9(8,10)7(11)12-3/h4-6,10H2,1-3H3. The van der Waals surface area contributed by atoms with E-state index >= 15 is 0 Å². The van der Waals surface area contributed by atoms with E-state index in [0.717, 1.165) is 11.5 Å². The van der Waals surface area contributed by atoms with Crippen LogP contribution in [-0.4, -0.2) is 30.1 Å². The number of hydrogen-bond acceptors (Lipinski definition) is 4. The first-order chi connectivity index (χ1) is 5.94. The van der Waals surface area contributed by atoms with Crippen LogP contribution in [0, 0.1) is 5.41 Å². The van der Waals surface area contributed by atoms with Crippen molar-refractivity contribution in [1.29, 1.82) is 0 Å². The fourth-order valence-corrected chi connectivity index (χ4v) is 2.97. The number of carbonyl (C=O) groups excluding carboxylic acids is 1. The molecule has 0 saturated carbocycles. The van der Waals surface area contributed by atoms with Gasteiger partial charge in [0.1, 0.15) is 5.54 Å². The molecule has 0 aliphatic carbocycles. The SMILES string of the molecule is COC(=O)C1(N)CCSCC1(C)C. The molecule has 13 heavy (non-hydrogen) atoms. The van der Waals surface area contributed by atoms with Crippen LogP contribution in [-0.2, 0) is 9.53 Å². The molecule has 1 aliphatic heterocycles. The molecule has 0 spiro atoms. The summed E-state index contributed by atoms with van der Waals surface area (Å²) in [4.78, 5) is 11.5. The molecule has 1 unspecified atom stereocenters. The summed E-state index contributed by atoms with van der Waals surface area (Å²) in [6.07, 6.45) is 0.706. The average molecular weight is 203 g/mol. The van der Waals surface area contributed by atoms with Crippen molar-refractivity contribution in [3.63, 3.8) is 0 Å². The van der Waals surface area contributed by atoms with Gasteiger partial charge in [-0.1, -0.05) is 13.8 Å². The number of esters is 1. The summed E-state index contributed by atoms with van der Waals surface area (Å²) in [7, 11) is 1.40. The van der Waals surface area contributed by atoms with Crippen molar-refractivity contribution in [2.24, 2.45) is 11.1 Å². The molecule has 1 atom stereocenters. The maximum absolute atomic E-state index is 11.5. The number of methoxy groups -OCH3 is 1. The number of ether oxygens (including phenoxy) is 1. The number of rotatable bonds is 1. The molecule has 76 valence electrons. The van der Waals surface area contributed by atoms with Crippen LogP contribution >= 0.6 is 11.8 Å². The van der Waals surface area contributed by atoms with Crippen LogP contribution in [0.1, 0.15) is 20.3 Å². The number of nitrogens with two attached hydrogens (primary N) is 1. The minimum absolute atomic E-state index is 0.178. The van der Waals surface area contributed by atoms with Crippen LogP contribution in [0.5, 0.6) is 0 Å². The Morgan fingerprint density at radius 2 is 2.15 bits per heavy atom. The highest BCUT2D eigenvalue weighted by Gasteiger charge is 2.50. The highest BCUT2D eigenvalue weighted by atomic mass is 32.2. The third-order valence-corrected chi connectivity index (χ3v) is 4.28. The first kappa shape index (κ1) is 10.9. The van der Waals surface area contributed by atoms with Crippen LogP contribution in [0.4, 0.5) is 0 Å². The summed E-state index contributed by atoms with van der Waals surface area (Å²) in [5, 5.41) is 0. The molecule has 1 aliphatic rings. The highest BCUT2D eigenvalue weighted by molar-refractivity contribution is 7.99. The molecule has 4 heteroatoms. The van der Waals surface area contributed by atoms with Gasteiger partial charge in [0, 0.05) is 11.2 Å². The molecule has 0 amide bonds. The van der Waals surface area contributed by atoms with Gasteiger partial charge < -0.3 is 10.5 Å². The van der Waals surface area contributed by atoms with E-state index < -0.39 is 5.54 Å². The van der Waals surface area contributed by atoms with E-state index in [-0.39, 0.29) is 11.4 Å². The first-order valence-corrected chi connectivity index (χ1v) is 5.54. The van der Waals surface area contributed by atoms with Crippen LogP contribution in [0.3, 0.4) is 0 Å². The molecule has 0 aromatic carbocycles. The van der Waals surface area contributed by atoms with E-state index in [4.69, 9.17) is 10.5 Å². The van der Waals surface area contributed by atoms with Gasteiger partial charge in [-0.3, -0.25) is 4.79 Å². The van der Waals surface area contributed by atoms with E-state index in [1.807, 2.05) is 25.6 Å². The number of thioether (sulfide) groups is 1. The third-order valence-electron chi connectivity index (χ3n) is 2.86. The Kier molecular flexibility index (Phi) is 2.92. The Labute approximate surface area is 83.4 Å². The lowest BCUT2D eigenvalue weighted by molar-refractivity contribution is -0.151. The van der Waals surface area contributed by atoms with E-state index in [1.165, 1.54) is 7.11 Å². The monoisotopic (exact) mass is 203 g/mol. The van der Waals surface area contributed by atoms with Crippen molar-refractivity contribution < 1.29 is 9.53 Å². The normalized spacial score (nSPS) is 32.6. The molecular weight excluding hydrogens is 186 g/mol. The van der Waals surface area contributed by atoms with E-state index in [1.54, 1.807) is 0 Å². The maximum atomic E-state index is 11.5. The third kappa shape index (κ3) is 1.70. The summed E-state index contributed by atoms with van der Waals surface area (Å²) < 4.78 is 4.76. The van der Waals surface area contributed by atoms with Gasteiger partial charge in [0.25, 0.3) is 0 Å². The van der Waals surface area contributed by atoms with Gasteiger partial charge in [-0.25, -0.2) is 0 Å². The molecule has 0 aromatic heterocycles. The van der Waals surface area contributed by atoms with Gasteiger partial charge in [0.2, 0.25) is 0 Å². The summed E-state index contributed by atoms with van der Waals surface area (Å²) in [6, 6.07) is 0. The topological polar surface area (TPSA) is 52.3 Å². The van der Waals surface area contributed by atoms with E-state index in [0.29, 0.717) is 6.42 Å². The fraction of sp³-hybridized carbons (Fsp3) is 0.889. The quantitative estimate of drug-likeness (QED) is 0.646. The lowest BCUT2D eigenvalue weighted by atomic mass is 9.72. The Balaban J connectivity index is 2.90. The molecule has 1 fully saturated rings. The zero-order valence-electron chi connectivity index (χ0n) is 8.42. The van der Waals surface area contributed by atoms with Gasteiger partial charge >= 0.3 is 5.97 Å². The molecule has 0 bridgehead atoms. The second-order valence-corrected chi connectivity index (χ2v) is 5.25. The van der Waals surface area contributed by atoms with Crippen LogP contribution in [0.2, 0.25) is 0 Å². The molecule has 3 nitrogen and oxygen atoms in total. The summed E-state index contributed by atoms with van der Waals surface area (Å²) >= 11 is 1.84. The smallest absolute Gasteiger partial charge is 0.326 e. The predicted molar refractivity (Wildman–Crippen MR) is 54.7 cm³/mol. The van der Waals surface area contributed by atoms with Crippen LogP contribution in [0.25, 0.3) is 0 Å². The number of hydrogen-bond donors (Lipinski definition) is 1. The Morgan fingerprint density at radius 1 is 1.54 bits per heavy atom. The Morgan fingerprint density at radius 3 is 2.62 bits per heavy atom. The van der Waals surface area contributed by atoms with Crippen LogP contribution < -0.4 is 5.73 Å². The fourth-order valence-electron chi connectivity index (χ4n) is 1.59. The summed E-state index contributed by atoms with van der Waals surface area (Å²) in [6.45, 7) is 4.05. The second-order valence-electron chi connectivity index (χ2n) is 4.15. The largest absolute Gasteiger partial charge is 0.468 e. The molecule has 0 aromatic rings. The van der Waals surface area contributed by atoms with Crippen LogP contribution in [0.15, 0.2) is 0 Å². The zero-order chi connectivity index (χ0) is 10.1. The van der Waals surface area contributed by atoms with E-state index in [2.05, 4.69) is 0 Å². The molecular formula is C9H17NO2S. The van der Waals surface area contributed by atoms with Gasteiger partial charge in [0.15, 0.2) is 0 Å². The van der Waals surface area contributed by atoms with Crippen molar-refractivity contribution >= 4 is 17.7 Å². The Hall–Kier alpha value is -0.220. The minimum atomic E-state index is -0.799. The van der Waals surface area contributed by atoms with Crippen molar-refractivity contribution in [3.05, 3.63) is 0 Å². The average Bonchev–Trinajstić information content (AvgIpc) is 2.08. The van der Waals surface area contributed by atoms with Gasteiger partial charge in [-0.2, -0.15) is 11.8 Å². The van der Waals surface area contributed by atoms with Crippen molar-refractivity contribution in [1.82, 2.24) is 0 Å². The predicted octanol–water partition coefficient (Wildman–Crippen LogP) is 1.02. The molecule has 0 radical (unpaired) electrons. The minimum Gasteiger partial charge on any atom is -0.468 e. The lowest BCUT2D eigenvalue weighted by Crippen LogP contribution is -2.62.